The molecule has 6 heteroatoms. The van der Waals surface area contributed by atoms with E-state index in [2.05, 4.69) is 0 Å². The van der Waals surface area contributed by atoms with Crippen LogP contribution in [0.25, 0.3) is 0 Å². The molecule has 18 heavy (non-hydrogen) atoms. The molecule has 0 spiro atoms. The van der Waals surface area contributed by atoms with Gasteiger partial charge in [0.25, 0.3) is 0 Å². The molecular formula is C12H26O6. The Labute approximate surface area is 108 Å². The summed E-state index contributed by atoms with van der Waals surface area (Å²) in [6, 6.07) is 0. The van der Waals surface area contributed by atoms with Crippen molar-refractivity contribution >= 4 is 0 Å². The van der Waals surface area contributed by atoms with Gasteiger partial charge in [-0.25, -0.2) is 0 Å². The average Bonchev–Trinajstić information content (AvgIpc) is 2.33. The third-order valence-corrected chi connectivity index (χ3v) is 2.11. The first-order valence-corrected chi connectivity index (χ1v) is 6.23. The number of hydrogen-bond acceptors (Lipinski definition) is 6. The number of rotatable bonds is 11. The van der Waals surface area contributed by atoms with E-state index in [9.17, 15) is 0 Å². The van der Waals surface area contributed by atoms with Gasteiger partial charge in [0, 0.05) is 0 Å². The normalized spacial score (nSPS) is 18.3. The number of aliphatic hydroxyl groups excluding tert-OH is 3. The van der Waals surface area contributed by atoms with Gasteiger partial charge in [0.2, 0.25) is 0 Å². The maximum absolute atomic E-state index is 9.05. The van der Waals surface area contributed by atoms with Crippen LogP contribution in [0.1, 0.15) is 20.8 Å². The van der Waals surface area contributed by atoms with Gasteiger partial charge in [-0.3, -0.25) is 0 Å². The molecule has 0 radical (unpaired) electrons. The predicted octanol–water partition coefficient (Wildman–Crippen LogP) is -0.453. The lowest BCUT2D eigenvalue weighted by atomic mass is 10.4. The Morgan fingerprint density at radius 1 is 0.833 bits per heavy atom. The second-order valence-corrected chi connectivity index (χ2v) is 4.51. The monoisotopic (exact) mass is 266 g/mol. The minimum absolute atomic E-state index is 0.0925. The van der Waals surface area contributed by atoms with Crippen molar-refractivity contribution in [1.82, 2.24) is 0 Å². The number of hydrogen-bond donors (Lipinski definition) is 3. The Morgan fingerprint density at radius 2 is 1.39 bits per heavy atom. The Hall–Kier alpha value is -0.240. The van der Waals surface area contributed by atoms with Crippen LogP contribution in [0.15, 0.2) is 0 Å². The van der Waals surface area contributed by atoms with Crippen LogP contribution in [-0.4, -0.2) is 72.8 Å². The summed E-state index contributed by atoms with van der Waals surface area (Å²) in [6.07, 6.45) is -1.53. The number of ether oxygens (including phenoxy) is 3. The second-order valence-electron chi connectivity index (χ2n) is 4.51. The van der Waals surface area contributed by atoms with Crippen molar-refractivity contribution in [2.45, 2.75) is 45.2 Å². The molecule has 0 rings (SSSR count). The van der Waals surface area contributed by atoms with Crippen LogP contribution in [0.4, 0.5) is 0 Å². The quantitative estimate of drug-likeness (QED) is 0.469. The van der Waals surface area contributed by atoms with Gasteiger partial charge in [0.15, 0.2) is 0 Å². The first-order valence-electron chi connectivity index (χ1n) is 6.23. The summed E-state index contributed by atoms with van der Waals surface area (Å²) in [4.78, 5) is 0. The van der Waals surface area contributed by atoms with Crippen LogP contribution in [0.2, 0.25) is 0 Å². The molecule has 0 aromatic rings. The Balaban J connectivity index is 3.48. The van der Waals surface area contributed by atoms with Gasteiger partial charge in [0.1, 0.15) is 6.10 Å². The molecule has 0 amide bonds. The maximum atomic E-state index is 9.05. The van der Waals surface area contributed by atoms with Crippen LogP contribution < -0.4 is 0 Å². The van der Waals surface area contributed by atoms with E-state index in [4.69, 9.17) is 29.5 Å². The van der Waals surface area contributed by atoms with Crippen molar-refractivity contribution < 1.29 is 29.5 Å². The molecule has 0 heterocycles. The van der Waals surface area contributed by atoms with E-state index < -0.39 is 12.2 Å². The van der Waals surface area contributed by atoms with Crippen molar-refractivity contribution in [1.29, 1.82) is 0 Å². The van der Waals surface area contributed by atoms with Gasteiger partial charge in [0.05, 0.1) is 51.3 Å². The molecule has 4 unspecified atom stereocenters. The zero-order valence-corrected chi connectivity index (χ0v) is 11.4. The fourth-order valence-corrected chi connectivity index (χ4v) is 1.12. The summed E-state index contributed by atoms with van der Waals surface area (Å²) >= 11 is 0. The lowest BCUT2D eigenvalue weighted by Crippen LogP contribution is -2.27. The standard InChI is InChI=1S/C12H26O6/c1-9(14)5-17-11(3)7-18-10(2)6-16-8-12(15)4-13/h9-15H,4-8H2,1-3H3. The third kappa shape index (κ3) is 10.9. The zero-order valence-electron chi connectivity index (χ0n) is 11.4. The summed E-state index contributed by atoms with van der Waals surface area (Å²) in [5.41, 5.74) is 0. The van der Waals surface area contributed by atoms with Crippen molar-refractivity contribution in [2.75, 3.05) is 33.0 Å². The average molecular weight is 266 g/mol. The molecule has 0 fully saturated rings. The van der Waals surface area contributed by atoms with E-state index in [1.165, 1.54) is 0 Å². The summed E-state index contributed by atoms with van der Waals surface area (Å²) in [6.45, 7) is 6.23. The van der Waals surface area contributed by atoms with E-state index >= 15 is 0 Å². The molecule has 110 valence electrons. The highest BCUT2D eigenvalue weighted by atomic mass is 16.6. The van der Waals surface area contributed by atoms with Gasteiger partial charge < -0.3 is 29.5 Å². The second kappa shape index (κ2) is 10.7. The van der Waals surface area contributed by atoms with Gasteiger partial charge >= 0.3 is 0 Å². The largest absolute Gasteiger partial charge is 0.394 e. The smallest absolute Gasteiger partial charge is 0.100 e. The Bertz CT molecular complexity index is 187. The molecule has 0 aromatic carbocycles. The Morgan fingerprint density at radius 3 is 1.94 bits per heavy atom. The van der Waals surface area contributed by atoms with Crippen LogP contribution in [0, 0.1) is 0 Å². The topological polar surface area (TPSA) is 88.4 Å². The van der Waals surface area contributed by atoms with E-state index in [0.717, 1.165) is 0 Å². The summed E-state index contributed by atoms with van der Waals surface area (Å²) in [5, 5.41) is 26.7. The van der Waals surface area contributed by atoms with E-state index in [-0.39, 0.29) is 32.0 Å². The van der Waals surface area contributed by atoms with Crippen LogP contribution in [0.3, 0.4) is 0 Å². The van der Waals surface area contributed by atoms with Gasteiger partial charge in [-0.05, 0) is 20.8 Å². The van der Waals surface area contributed by atoms with Crippen molar-refractivity contribution in [3.63, 3.8) is 0 Å². The van der Waals surface area contributed by atoms with Crippen LogP contribution in [-0.2, 0) is 14.2 Å². The highest BCUT2D eigenvalue weighted by Gasteiger charge is 2.09. The van der Waals surface area contributed by atoms with E-state index in [0.29, 0.717) is 13.2 Å². The van der Waals surface area contributed by atoms with E-state index in [1.54, 1.807) is 6.92 Å². The minimum atomic E-state index is -0.842. The molecule has 0 aromatic heterocycles. The molecule has 6 nitrogen and oxygen atoms in total. The maximum Gasteiger partial charge on any atom is 0.100 e. The molecule has 0 aliphatic rings. The molecular weight excluding hydrogens is 240 g/mol. The fourth-order valence-electron chi connectivity index (χ4n) is 1.12. The van der Waals surface area contributed by atoms with Crippen molar-refractivity contribution in [2.24, 2.45) is 0 Å². The van der Waals surface area contributed by atoms with Gasteiger partial charge in [-0.15, -0.1) is 0 Å². The van der Waals surface area contributed by atoms with Crippen LogP contribution in [0.5, 0.6) is 0 Å². The molecule has 0 aliphatic heterocycles. The van der Waals surface area contributed by atoms with Crippen molar-refractivity contribution in [3.8, 4) is 0 Å². The summed E-state index contributed by atoms with van der Waals surface area (Å²) < 4.78 is 16.0. The highest BCUT2D eigenvalue weighted by Crippen LogP contribution is 1.99. The predicted molar refractivity (Wildman–Crippen MR) is 66.4 cm³/mol. The number of aliphatic hydroxyl groups is 3. The molecule has 3 N–H and O–H groups in total. The van der Waals surface area contributed by atoms with Crippen molar-refractivity contribution in [3.05, 3.63) is 0 Å². The SMILES string of the molecule is CC(O)COC(C)COC(C)COCC(O)CO. The molecule has 4 atom stereocenters. The van der Waals surface area contributed by atoms with Gasteiger partial charge in [-0.1, -0.05) is 0 Å². The molecule has 0 aliphatic carbocycles. The lowest BCUT2D eigenvalue weighted by Gasteiger charge is -2.18. The summed E-state index contributed by atoms with van der Waals surface area (Å²) in [5.74, 6) is 0. The zero-order chi connectivity index (χ0) is 14.0. The first-order chi connectivity index (χ1) is 8.45. The fraction of sp³-hybridized carbons (Fsp3) is 1.00. The summed E-state index contributed by atoms with van der Waals surface area (Å²) in [7, 11) is 0. The Kier molecular flexibility index (Phi) is 10.5. The third-order valence-electron chi connectivity index (χ3n) is 2.11. The lowest BCUT2D eigenvalue weighted by molar-refractivity contribution is -0.0788. The minimum Gasteiger partial charge on any atom is -0.394 e. The first kappa shape index (κ1) is 17.8. The van der Waals surface area contributed by atoms with E-state index in [1.807, 2.05) is 13.8 Å². The molecule has 0 saturated heterocycles. The molecule has 0 saturated carbocycles. The van der Waals surface area contributed by atoms with Gasteiger partial charge in [-0.2, -0.15) is 0 Å². The highest BCUT2D eigenvalue weighted by molar-refractivity contribution is 4.55. The van der Waals surface area contributed by atoms with Crippen LogP contribution >= 0.6 is 0 Å². The molecule has 0 bridgehead atoms.